The molecule has 7 heteroatoms. The van der Waals surface area contributed by atoms with Crippen molar-refractivity contribution in [2.24, 2.45) is 0 Å². The summed E-state index contributed by atoms with van der Waals surface area (Å²) in [5.74, 6) is 0.450. The van der Waals surface area contributed by atoms with Crippen molar-refractivity contribution in [2.45, 2.75) is 44.9 Å². The van der Waals surface area contributed by atoms with Crippen molar-refractivity contribution in [2.75, 3.05) is 20.8 Å². The molecule has 1 aliphatic heterocycles. The van der Waals surface area contributed by atoms with Crippen LogP contribution in [-0.4, -0.2) is 32.6 Å². The highest BCUT2D eigenvalue weighted by molar-refractivity contribution is 9.10. The van der Waals surface area contributed by atoms with Gasteiger partial charge in [0.2, 0.25) is 0 Å². The molecule has 2 aromatic rings. The molecule has 0 bridgehead atoms. The number of allylic oxidation sites excluding steroid dienone is 3. The average molecular weight is 540 g/mol. The normalized spacial score (nSPS) is 19.7. The molecule has 35 heavy (non-hydrogen) atoms. The molecule has 0 amide bonds. The summed E-state index contributed by atoms with van der Waals surface area (Å²) in [6, 6.07) is 13.6. The molecule has 2 aliphatic rings. The summed E-state index contributed by atoms with van der Waals surface area (Å²) in [5, 5.41) is 3.39. The number of benzene rings is 2. The number of Topliss-reactive ketones (excluding diaryl/α,β-unsaturated/α-hetero) is 1. The minimum Gasteiger partial charge on any atom is -0.493 e. The van der Waals surface area contributed by atoms with E-state index in [9.17, 15) is 9.59 Å². The first-order valence-electron chi connectivity index (χ1n) is 11.8. The number of hydrogen-bond donors (Lipinski definition) is 1. The van der Waals surface area contributed by atoms with Crippen molar-refractivity contribution >= 4 is 27.7 Å². The summed E-state index contributed by atoms with van der Waals surface area (Å²) in [4.78, 5) is 26.8. The van der Waals surface area contributed by atoms with Crippen molar-refractivity contribution in [1.29, 1.82) is 0 Å². The highest BCUT2D eigenvalue weighted by atomic mass is 79.9. The number of ketones is 1. The average Bonchev–Trinajstić information content (AvgIpc) is 2.86. The van der Waals surface area contributed by atoms with Gasteiger partial charge in [-0.05, 0) is 61.1 Å². The Morgan fingerprint density at radius 2 is 1.71 bits per heavy atom. The number of rotatable bonds is 7. The second kappa shape index (κ2) is 10.7. The van der Waals surface area contributed by atoms with Crippen LogP contribution < -0.4 is 14.8 Å². The second-order valence-corrected chi connectivity index (χ2v) is 9.73. The van der Waals surface area contributed by atoms with Gasteiger partial charge in [-0.3, -0.25) is 4.79 Å². The van der Waals surface area contributed by atoms with E-state index in [1.54, 1.807) is 14.2 Å². The van der Waals surface area contributed by atoms with Crippen LogP contribution in [0.15, 0.2) is 69.5 Å². The maximum absolute atomic E-state index is 13.7. The van der Waals surface area contributed by atoms with Gasteiger partial charge >= 0.3 is 5.97 Å². The Hall–Kier alpha value is -3.06. The largest absolute Gasteiger partial charge is 0.493 e. The Bertz CT molecular complexity index is 1200. The van der Waals surface area contributed by atoms with Crippen LogP contribution in [0.4, 0.5) is 0 Å². The predicted molar refractivity (Wildman–Crippen MR) is 138 cm³/mol. The molecule has 0 radical (unpaired) electrons. The van der Waals surface area contributed by atoms with Crippen LogP contribution in [0.1, 0.15) is 56.1 Å². The Balaban J connectivity index is 1.75. The van der Waals surface area contributed by atoms with E-state index in [-0.39, 0.29) is 17.7 Å². The molecular formula is C28H30BrNO5. The fraction of sp³-hybridized carbons (Fsp3) is 0.357. The lowest BCUT2D eigenvalue weighted by molar-refractivity contribution is -0.139. The van der Waals surface area contributed by atoms with Gasteiger partial charge in [-0.25, -0.2) is 4.79 Å². The lowest BCUT2D eigenvalue weighted by Gasteiger charge is -2.36. The topological polar surface area (TPSA) is 73.9 Å². The highest BCUT2D eigenvalue weighted by Gasteiger charge is 2.41. The fourth-order valence-electron chi connectivity index (χ4n) is 4.91. The Morgan fingerprint density at radius 1 is 1.03 bits per heavy atom. The molecule has 1 heterocycles. The number of carbonyl (C=O) groups excluding carboxylic acids is 2. The van der Waals surface area contributed by atoms with Gasteiger partial charge in [0.05, 0.1) is 26.4 Å². The summed E-state index contributed by atoms with van der Waals surface area (Å²) in [7, 11) is 3.21. The molecule has 0 saturated carbocycles. The van der Waals surface area contributed by atoms with Crippen LogP contribution in [0.2, 0.25) is 0 Å². The molecule has 0 aromatic heterocycles. The molecule has 184 valence electrons. The van der Waals surface area contributed by atoms with Gasteiger partial charge in [0, 0.05) is 33.8 Å². The fourth-order valence-corrected chi connectivity index (χ4v) is 5.18. The molecule has 6 nitrogen and oxygen atoms in total. The number of dihydropyridines is 1. The maximum atomic E-state index is 13.7. The molecule has 2 aromatic carbocycles. The van der Waals surface area contributed by atoms with Crippen molar-refractivity contribution in [1.82, 2.24) is 5.32 Å². The predicted octanol–water partition coefficient (Wildman–Crippen LogP) is 5.78. The Kier molecular flexibility index (Phi) is 7.65. The summed E-state index contributed by atoms with van der Waals surface area (Å²) >= 11 is 3.48. The van der Waals surface area contributed by atoms with E-state index >= 15 is 0 Å². The quantitative estimate of drug-likeness (QED) is 0.449. The van der Waals surface area contributed by atoms with E-state index in [2.05, 4.69) is 21.2 Å². The molecule has 2 atom stereocenters. The van der Waals surface area contributed by atoms with Gasteiger partial charge in [0.15, 0.2) is 17.3 Å². The zero-order valence-corrected chi connectivity index (χ0v) is 22.0. The number of methoxy groups -OCH3 is 2. The molecule has 0 spiro atoms. The van der Waals surface area contributed by atoms with Crippen LogP contribution in [0.25, 0.3) is 0 Å². The van der Waals surface area contributed by atoms with E-state index < -0.39 is 5.92 Å². The van der Waals surface area contributed by atoms with Gasteiger partial charge in [-0.1, -0.05) is 41.1 Å². The SMILES string of the molecule is CCCOC(=O)C1=C(C)NC2=C(C(=O)C[C@H](c3ccc(OC)c(OC)c3)C2)[C@@H]1c1ccc(Br)cc1. The number of carbonyl (C=O) groups is 2. The summed E-state index contributed by atoms with van der Waals surface area (Å²) in [6.07, 6.45) is 1.73. The smallest absolute Gasteiger partial charge is 0.336 e. The summed E-state index contributed by atoms with van der Waals surface area (Å²) in [6.45, 7) is 4.17. The van der Waals surface area contributed by atoms with E-state index in [0.29, 0.717) is 42.1 Å². The summed E-state index contributed by atoms with van der Waals surface area (Å²) in [5.41, 5.74) is 4.63. The van der Waals surface area contributed by atoms with Crippen molar-refractivity contribution in [3.05, 3.63) is 80.6 Å². The van der Waals surface area contributed by atoms with Gasteiger partial charge < -0.3 is 19.5 Å². The third-order valence-corrected chi connectivity index (χ3v) is 7.10. The van der Waals surface area contributed by atoms with Crippen LogP contribution in [0.5, 0.6) is 11.5 Å². The molecule has 1 aliphatic carbocycles. The number of esters is 1. The third-order valence-electron chi connectivity index (χ3n) is 6.57. The second-order valence-electron chi connectivity index (χ2n) is 8.82. The first-order valence-corrected chi connectivity index (χ1v) is 12.6. The number of hydrogen-bond acceptors (Lipinski definition) is 6. The molecule has 4 rings (SSSR count). The first-order chi connectivity index (χ1) is 16.9. The Labute approximate surface area is 214 Å². The maximum Gasteiger partial charge on any atom is 0.336 e. The lowest BCUT2D eigenvalue weighted by Crippen LogP contribution is -2.36. The standard InChI is InChI=1S/C28H30BrNO5/c1-5-12-35-28(32)25-16(2)30-21-13-19(18-8-11-23(33-3)24(15-18)34-4)14-22(31)27(21)26(25)17-6-9-20(29)10-7-17/h6-11,15,19,26,30H,5,12-14H2,1-4H3/t19-,26-/m1/s1. The van der Waals surface area contributed by atoms with Crippen LogP contribution in [0, 0.1) is 0 Å². The minimum absolute atomic E-state index is 0.0134. The van der Waals surface area contributed by atoms with E-state index in [4.69, 9.17) is 14.2 Å². The third kappa shape index (κ3) is 5.01. The molecular weight excluding hydrogens is 510 g/mol. The van der Waals surface area contributed by atoms with E-state index in [1.165, 1.54) is 0 Å². The number of ether oxygens (including phenoxy) is 3. The summed E-state index contributed by atoms with van der Waals surface area (Å²) < 4.78 is 17.3. The van der Waals surface area contributed by atoms with Crippen LogP contribution in [0.3, 0.4) is 0 Å². The van der Waals surface area contributed by atoms with E-state index in [0.717, 1.165) is 33.4 Å². The van der Waals surface area contributed by atoms with Gasteiger partial charge in [-0.2, -0.15) is 0 Å². The molecule has 0 unspecified atom stereocenters. The van der Waals surface area contributed by atoms with Crippen LogP contribution in [-0.2, 0) is 14.3 Å². The van der Waals surface area contributed by atoms with Crippen molar-refractivity contribution in [3.8, 4) is 11.5 Å². The number of nitrogens with one attached hydrogen (secondary N) is 1. The van der Waals surface area contributed by atoms with Gasteiger partial charge in [0.1, 0.15) is 0 Å². The zero-order valence-electron chi connectivity index (χ0n) is 20.4. The Morgan fingerprint density at radius 3 is 2.37 bits per heavy atom. The minimum atomic E-state index is -0.470. The van der Waals surface area contributed by atoms with Gasteiger partial charge in [0.25, 0.3) is 0 Å². The molecule has 0 saturated heterocycles. The monoisotopic (exact) mass is 539 g/mol. The molecule has 1 N–H and O–H groups in total. The van der Waals surface area contributed by atoms with Crippen molar-refractivity contribution < 1.29 is 23.8 Å². The highest BCUT2D eigenvalue weighted by Crippen LogP contribution is 2.46. The zero-order chi connectivity index (χ0) is 25.1. The van der Waals surface area contributed by atoms with Crippen LogP contribution >= 0.6 is 15.9 Å². The lowest BCUT2D eigenvalue weighted by atomic mass is 9.71. The first kappa shape index (κ1) is 25.0. The molecule has 0 fully saturated rings. The number of halogens is 1. The van der Waals surface area contributed by atoms with Crippen molar-refractivity contribution in [3.63, 3.8) is 0 Å². The van der Waals surface area contributed by atoms with Gasteiger partial charge in [-0.15, -0.1) is 0 Å². The van der Waals surface area contributed by atoms with E-state index in [1.807, 2.05) is 56.3 Å².